The number of quaternary nitrogens is 1. The van der Waals surface area contributed by atoms with Gasteiger partial charge in [0.05, 0.1) is 24.6 Å². The summed E-state index contributed by atoms with van der Waals surface area (Å²) in [6.45, 7) is 5.20. The lowest BCUT2D eigenvalue weighted by molar-refractivity contribution is -0.384. The molecule has 5 nitrogen and oxygen atoms in total. The molecular weight excluding hydrogens is 290 g/mol. The zero-order chi connectivity index (χ0) is 15.9. The first-order valence-electron chi connectivity index (χ1n) is 8.12. The number of anilines is 1. The van der Waals surface area contributed by atoms with Crippen LogP contribution in [0.1, 0.15) is 5.56 Å². The van der Waals surface area contributed by atoms with Gasteiger partial charge in [-0.15, -0.1) is 0 Å². The van der Waals surface area contributed by atoms with Crippen LogP contribution < -0.4 is 9.38 Å². The molecule has 0 aliphatic carbocycles. The van der Waals surface area contributed by atoms with Crippen molar-refractivity contribution in [2.75, 3.05) is 37.6 Å². The standard InChI is InChI=1S/C18H20N3O2/c22-20(23)17-6-3-5-16(14-17)19-9-12-21(13-10-19)11-8-15-4-1-2-7-18(15)21/h1-7,14H,8-13H2/q+1. The van der Waals surface area contributed by atoms with E-state index in [0.29, 0.717) is 0 Å². The highest BCUT2D eigenvalue weighted by molar-refractivity contribution is 5.58. The topological polar surface area (TPSA) is 46.4 Å². The van der Waals surface area contributed by atoms with Crippen LogP contribution in [0.4, 0.5) is 17.1 Å². The van der Waals surface area contributed by atoms with Crippen molar-refractivity contribution in [3.05, 3.63) is 64.2 Å². The van der Waals surface area contributed by atoms with Gasteiger partial charge in [-0.3, -0.25) is 14.6 Å². The number of hydrogen-bond donors (Lipinski definition) is 0. The van der Waals surface area contributed by atoms with E-state index < -0.39 is 0 Å². The third-order valence-electron chi connectivity index (χ3n) is 5.31. The molecule has 0 bridgehead atoms. The van der Waals surface area contributed by atoms with Gasteiger partial charge in [-0.05, 0) is 12.1 Å². The first kappa shape index (κ1) is 14.2. The summed E-state index contributed by atoms with van der Waals surface area (Å²) in [6, 6.07) is 15.8. The number of nitro groups is 1. The first-order chi connectivity index (χ1) is 11.2. The highest BCUT2D eigenvalue weighted by atomic mass is 16.6. The molecule has 0 aromatic heterocycles. The van der Waals surface area contributed by atoms with Crippen molar-refractivity contribution < 1.29 is 4.92 Å². The first-order valence-corrected chi connectivity index (χ1v) is 8.12. The monoisotopic (exact) mass is 310 g/mol. The summed E-state index contributed by atoms with van der Waals surface area (Å²) in [4.78, 5) is 12.9. The van der Waals surface area contributed by atoms with Crippen molar-refractivity contribution in [2.45, 2.75) is 6.42 Å². The Morgan fingerprint density at radius 3 is 2.57 bits per heavy atom. The van der Waals surface area contributed by atoms with Crippen molar-refractivity contribution in [2.24, 2.45) is 0 Å². The molecule has 4 rings (SSSR count). The van der Waals surface area contributed by atoms with Gasteiger partial charge in [-0.2, -0.15) is 0 Å². The Morgan fingerprint density at radius 2 is 1.78 bits per heavy atom. The Bertz CT molecular complexity index is 751. The molecule has 0 unspecified atom stereocenters. The van der Waals surface area contributed by atoms with Crippen LogP contribution >= 0.6 is 0 Å². The van der Waals surface area contributed by atoms with Gasteiger partial charge in [-0.25, -0.2) is 0 Å². The van der Waals surface area contributed by atoms with Crippen molar-refractivity contribution in [3.63, 3.8) is 0 Å². The zero-order valence-electron chi connectivity index (χ0n) is 13.0. The summed E-state index contributed by atoms with van der Waals surface area (Å²) < 4.78 is 1.07. The molecule has 2 aliphatic heterocycles. The smallest absolute Gasteiger partial charge is 0.271 e. The Hall–Kier alpha value is -2.40. The number of piperazine rings is 1. The number of nitrogens with zero attached hydrogens (tertiary/aromatic N) is 3. The molecule has 0 N–H and O–H groups in total. The van der Waals surface area contributed by atoms with Gasteiger partial charge in [-0.1, -0.05) is 24.3 Å². The lowest BCUT2D eigenvalue weighted by Gasteiger charge is -2.42. The lowest BCUT2D eigenvalue weighted by atomic mass is 10.1. The lowest BCUT2D eigenvalue weighted by Crippen LogP contribution is -2.60. The highest BCUT2D eigenvalue weighted by Gasteiger charge is 2.40. The Balaban J connectivity index is 1.54. The van der Waals surface area contributed by atoms with E-state index in [9.17, 15) is 10.1 Å². The van der Waals surface area contributed by atoms with Gasteiger partial charge in [0.25, 0.3) is 5.69 Å². The molecule has 118 valence electrons. The summed E-state index contributed by atoms with van der Waals surface area (Å²) in [6.07, 6.45) is 1.16. The highest BCUT2D eigenvalue weighted by Crippen LogP contribution is 2.36. The average Bonchev–Trinajstić information content (AvgIpc) is 2.95. The molecular formula is C18H20N3O2+. The Kier molecular flexibility index (Phi) is 3.31. The van der Waals surface area contributed by atoms with Crippen LogP contribution in [-0.2, 0) is 6.42 Å². The summed E-state index contributed by atoms with van der Waals surface area (Å²) in [5, 5.41) is 11.0. The number of non-ortho nitro benzene ring substituents is 1. The van der Waals surface area contributed by atoms with E-state index in [1.807, 2.05) is 6.07 Å². The molecule has 1 fully saturated rings. The second kappa shape index (κ2) is 5.35. The minimum absolute atomic E-state index is 0.170. The van der Waals surface area contributed by atoms with Gasteiger partial charge < -0.3 is 4.90 Å². The summed E-state index contributed by atoms with van der Waals surface area (Å²) in [5.41, 5.74) is 4.09. The predicted molar refractivity (Wildman–Crippen MR) is 91.9 cm³/mol. The van der Waals surface area contributed by atoms with E-state index in [-0.39, 0.29) is 10.6 Å². The fourth-order valence-electron chi connectivity index (χ4n) is 4.01. The number of benzene rings is 2. The van der Waals surface area contributed by atoms with E-state index in [2.05, 4.69) is 29.2 Å². The van der Waals surface area contributed by atoms with Crippen molar-refractivity contribution in [1.82, 2.24) is 4.48 Å². The molecule has 0 amide bonds. The van der Waals surface area contributed by atoms with E-state index in [1.165, 1.54) is 17.8 Å². The predicted octanol–water partition coefficient (Wildman–Crippen LogP) is 2.98. The minimum Gasteiger partial charge on any atom is -0.360 e. The van der Waals surface area contributed by atoms with E-state index in [0.717, 1.165) is 42.8 Å². The minimum atomic E-state index is -0.321. The van der Waals surface area contributed by atoms with E-state index in [1.54, 1.807) is 18.2 Å². The van der Waals surface area contributed by atoms with Crippen LogP contribution in [0.3, 0.4) is 0 Å². The maximum Gasteiger partial charge on any atom is 0.271 e. The maximum absolute atomic E-state index is 11.0. The van der Waals surface area contributed by atoms with E-state index in [4.69, 9.17) is 0 Å². The van der Waals surface area contributed by atoms with Gasteiger partial charge >= 0.3 is 0 Å². The third kappa shape index (κ3) is 2.37. The van der Waals surface area contributed by atoms with Crippen LogP contribution in [0.2, 0.25) is 0 Å². The number of para-hydroxylation sites is 1. The van der Waals surface area contributed by atoms with Crippen LogP contribution in [0.25, 0.3) is 0 Å². The van der Waals surface area contributed by atoms with Gasteiger partial charge in [0.2, 0.25) is 0 Å². The molecule has 2 aromatic rings. The van der Waals surface area contributed by atoms with E-state index >= 15 is 0 Å². The van der Waals surface area contributed by atoms with Crippen LogP contribution in [0.5, 0.6) is 0 Å². The largest absolute Gasteiger partial charge is 0.360 e. The number of fused-ring (bicyclic) bond motifs is 2. The van der Waals surface area contributed by atoms with Gasteiger partial charge in [0.1, 0.15) is 18.8 Å². The maximum atomic E-state index is 11.0. The number of hydrogen-bond acceptors (Lipinski definition) is 3. The molecule has 0 atom stereocenters. The molecule has 2 heterocycles. The van der Waals surface area contributed by atoms with Crippen LogP contribution in [0.15, 0.2) is 48.5 Å². The van der Waals surface area contributed by atoms with Crippen LogP contribution in [0, 0.1) is 10.1 Å². The van der Waals surface area contributed by atoms with Crippen molar-refractivity contribution >= 4 is 17.1 Å². The molecule has 23 heavy (non-hydrogen) atoms. The quantitative estimate of drug-likeness (QED) is 0.487. The fraction of sp³-hybridized carbons (Fsp3) is 0.333. The number of nitro benzene ring substituents is 1. The van der Waals surface area contributed by atoms with Crippen LogP contribution in [-0.4, -0.2) is 37.6 Å². The summed E-state index contributed by atoms with van der Waals surface area (Å²) in [5.74, 6) is 0. The Morgan fingerprint density at radius 1 is 1.00 bits per heavy atom. The van der Waals surface area contributed by atoms with Crippen molar-refractivity contribution in [1.29, 1.82) is 0 Å². The molecule has 1 saturated heterocycles. The zero-order valence-corrected chi connectivity index (χ0v) is 13.0. The average molecular weight is 310 g/mol. The second-order valence-electron chi connectivity index (χ2n) is 6.46. The SMILES string of the molecule is O=[N+]([O-])c1cccc(N2CC[N+]3(CCc4ccccc43)CC2)c1. The number of rotatable bonds is 2. The molecule has 0 radical (unpaired) electrons. The fourth-order valence-corrected chi connectivity index (χ4v) is 4.01. The van der Waals surface area contributed by atoms with Gasteiger partial charge in [0, 0.05) is 29.8 Å². The third-order valence-corrected chi connectivity index (χ3v) is 5.31. The second-order valence-corrected chi connectivity index (χ2v) is 6.46. The molecule has 5 heteroatoms. The molecule has 1 spiro atoms. The molecule has 2 aliphatic rings. The normalized spacial score (nSPS) is 18.9. The molecule has 0 saturated carbocycles. The molecule has 2 aromatic carbocycles. The summed E-state index contributed by atoms with van der Waals surface area (Å²) in [7, 11) is 0. The Labute approximate surface area is 135 Å². The van der Waals surface area contributed by atoms with Gasteiger partial charge in [0.15, 0.2) is 0 Å². The van der Waals surface area contributed by atoms with Crippen molar-refractivity contribution in [3.8, 4) is 0 Å². The summed E-state index contributed by atoms with van der Waals surface area (Å²) >= 11 is 0.